The van der Waals surface area contributed by atoms with Gasteiger partial charge >= 0.3 is 5.97 Å². The van der Waals surface area contributed by atoms with Crippen molar-refractivity contribution in [2.24, 2.45) is 0 Å². The minimum atomic E-state index is -0.977. The molecule has 3 aliphatic rings. The molecule has 2 aliphatic heterocycles. The van der Waals surface area contributed by atoms with Gasteiger partial charge in [0.2, 0.25) is 0 Å². The number of oxazole rings is 1. The molecule has 2 saturated heterocycles. The maximum absolute atomic E-state index is 11.3. The summed E-state index contributed by atoms with van der Waals surface area (Å²) in [6.07, 6.45) is 6.29. The van der Waals surface area contributed by atoms with Gasteiger partial charge in [-0.3, -0.25) is 0 Å². The molecule has 1 saturated carbocycles. The van der Waals surface area contributed by atoms with Crippen molar-refractivity contribution in [1.29, 1.82) is 0 Å². The number of hydrogen-bond donors (Lipinski definition) is 2. The Hall–Kier alpha value is -3.07. The second-order valence-electron chi connectivity index (χ2n) is 10.6. The lowest BCUT2D eigenvalue weighted by Crippen LogP contribution is -2.49. The number of piperidine rings is 1. The average Bonchev–Trinajstić information content (AvgIpc) is 3.42. The fourth-order valence-corrected chi connectivity index (χ4v) is 6.71. The van der Waals surface area contributed by atoms with Gasteiger partial charge in [-0.1, -0.05) is 34.4 Å². The number of rotatable bonds is 7. The Morgan fingerprint density at radius 2 is 1.82 bits per heavy atom. The average molecular weight is 553 g/mol. The first-order valence-corrected chi connectivity index (χ1v) is 13.8. The largest absolute Gasteiger partial charge is 0.478 e. The highest BCUT2D eigenvalue weighted by Crippen LogP contribution is 2.46. The first kappa shape index (κ1) is 24.0. The molecule has 4 aromatic rings. The van der Waals surface area contributed by atoms with Gasteiger partial charge in [0.25, 0.3) is 6.01 Å². The Morgan fingerprint density at radius 3 is 2.50 bits per heavy atom. The summed E-state index contributed by atoms with van der Waals surface area (Å²) in [5.74, 6) is 0.374. The van der Waals surface area contributed by atoms with Gasteiger partial charge in [-0.05, 0) is 68.9 Å². The first-order chi connectivity index (χ1) is 18.5. The van der Waals surface area contributed by atoms with Crippen molar-refractivity contribution in [3.8, 4) is 11.3 Å². The van der Waals surface area contributed by atoms with Crippen LogP contribution in [0.2, 0.25) is 10.0 Å². The van der Waals surface area contributed by atoms with Crippen LogP contribution in [0.15, 0.2) is 45.3 Å². The molecule has 0 amide bonds. The minimum Gasteiger partial charge on any atom is -0.478 e. The van der Waals surface area contributed by atoms with E-state index in [0.717, 1.165) is 61.1 Å². The Kier molecular flexibility index (Phi) is 5.87. The molecule has 10 heteroatoms. The zero-order valence-electron chi connectivity index (χ0n) is 20.5. The van der Waals surface area contributed by atoms with E-state index in [2.05, 4.69) is 20.4 Å². The number of carboxylic acid groups (broad SMARTS) is 1. The summed E-state index contributed by atoms with van der Waals surface area (Å²) in [6, 6.07) is 11.8. The molecule has 2 atom stereocenters. The number of carbonyl (C=O) groups is 1. The Bertz CT molecular complexity index is 1510. The maximum atomic E-state index is 11.3. The van der Waals surface area contributed by atoms with Gasteiger partial charge < -0.3 is 24.3 Å². The third kappa shape index (κ3) is 4.15. The van der Waals surface area contributed by atoms with Crippen LogP contribution in [0.25, 0.3) is 22.4 Å². The van der Waals surface area contributed by atoms with E-state index >= 15 is 0 Å². The fourth-order valence-electron chi connectivity index (χ4n) is 6.14. The zero-order chi connectivity index (χ0) is 26.0. The number of aromatic carboxylic acids is 1. The summed E-state index contributed by atoms with van der Waals surface area (Å²) in [5, 5.41) is 18.6. The number of benzene rings is 2. The second-order valence-corrected chi connectivity index (χ2v) is 11.4. The number of nitrogens with one attached hydrogen (secondary N) is 1. The molecule has 2 aromatic heterocycles. The number of nitrogens with zero attached hydrogens (tertiary/aromatic N) is 3. The summed E-state index contributed by atoms with van der Waals surface area (Å²) in [5.41, 5.74) is 3.87. The molecule has 0 radical (unpaired) electrons. The topological polar surface area (TPSA) is 105 Å². The van der Waals surface area contributed by atoms with Crippen LogP contribution < -0.4 is 10.2 Å². The number of hydrogen-bond acceptors (Lipinski definition) is 7. The Morgan fingerprint density at radius 1 is 1.08 bits per heavy atom. The number of halogens is 2. The van der Waals surface area contributed by atoms with Crippen molar-refractivity contribution < 1.29 is 18.8 Å². The molecule has 196 valence electrons. The van der Waals surface area contributed by atoms with Crippen molar-refractivity contribution in [3.05, 3.63) is 63.3 Å². The zero-order valence-corrected chi connectivity index (χ0v) is 22.0. The third-order valence-corrected chi connectivity index (χ3v) is 8.74. The van der Waals surface area contributed by atoms with Gasteiger partial charge in [0.1, 0.15) is 17.0 Å². The Balaban J connectivity index is 1.10. The molecule has 4 heterocycles. The molecule has 1 aliphatic carbocycles. The lowest BCUT2D eigenvalue weighted by molar-refractivity contribution is 0.0697. The number of anilines is 1. The molecule has 3 fully saturated rings. The highest BCUT2D eigenvalue weighted by atomic mass is 35.5. The fraction of sp³-hybridized carbons (Fsp3) is 0.393. The molecule has 2 aromatic carbocycles. The van der Waals surface area contributed by atoms with Crippen LogP contribution in [-0.2, 0) is 6.54 Å². The van der Waals surface area contributed by atoms with Crippen molar-refractivity contribution >= 4 is 46.3 Å². The Labute approximate surface area is 228 Å². The van der Waals surface area contributed by atoms with E-state index in [1.54, 1.807) is 18.2 Å². The van der Waals surface area contributed by atoms with Crippen LogP contribution in [0.5, 0.6) is 0 Å². The summed E-state index contributed by atoms with van der Waals surface area (Å²) in [6.45, 7) is 0.636. The van der Waals surface area contributed by atoms with E-state index < -0.39 is 5.97 Å². The molecule has 2 N–H and O–H groups in total. The highest BCUT2D eigenvalue weighted by molar-refractivity contribution is 6.39. The SMILES string of the molecule is O=C(O)c1ccc2nc(N3C4CCC3CC(NCc3c(-c5c(Cl)cccc5Cl)noc3C3CC3)C4)oc2c1. The number of fused-ring (bicyclic) bond motifs is 3. The molecule has 0 spiro atoms. The maximum Gasteiger partial charge on any atom is 0.335 e. The quantitative estimate of drug-likeness (QED) is 0.262. The monoisotopic (exact) mass is 552 g/mol. The van der Waals surface area contributed by atoms with Crippen molar-refractivity contribution in [2.45, 2.75) is 69.1 Å². The van der Waals surface area contributed by atoms with E-state index in [1.165, 1.54) is 0 Å². The van der Waals surface area contributed by atoms with Crippen molar-refractivity contribution in [1.82, 2.24) is 15.5 Å². The first-order valence-electron chi connectivity index (χ1n) is 13.0. The van der Waals surface area contributed by atoms with Crippen LogP contribution in [0.1, 0.15) is 66.1 Å². The van der Waals surface area contributed by atoms with Crippen LogP contribution >= 0.6 is 23.2 Å². The van der Waals surface area contributed by atoms with Gasteiger partial charge in [0.15, 0.2) is 5.58 Å². The van der Waals surface area contributed by atoms with Crippen molar-refractivity contribution in [2.75, 3.05) is 4.90 Å². The molecule has 38 heavy (non-hydrogen) atoms. The second kappa shape index (κ2) is 9.29. The molecule has 8 nitrogen and oxygen atoms in total. The summed E-state index contributed by atoms with van der Waals surface area (Å²) < 4.78 is 11.9. The smallest absolute Gasteiger partial charge is 0.335 e. The van der Waals surface area contributed by atoms with Gasteiger partial charge in [0.05, 0.1) is 15.6 Å². The molecular weight excluding hydrogens is 527 g/mol. The van der Waals surface area contributed by atoms with Gasteiger partial charge in [-0.25, -0.2) is 4.79 Å². The van der Waals surface area contributed by atoms with Crippen LogP contribution in [0, 0.1) is 0 Å². The molecule has 2 bridgehead atoms. The van der Waals surface area contributed by atoms with Crippen LogP contribution in [-0.4, -0.2) is 39.3 Å². The lowest BCUT2D eigenvalue weighted by Gasteiger charge is -2.38. The van der Waals surface area contributed by atoms with Crippen molar-refractivity contribution in [3.63, 3.8) is 0 Å². The number of aromatic nitrogens is 2. The predicted molar refractivity (Wildman–Crippen MR) is 144 cm³/mol. The predicted octanol–water partition coefficient (Wildman–Crippen LogP) is 6.65. The van der Waals surface area contributed by atoms with Crippen LogP contribution in [0.4, 0.5) is 6.01 Å². The van der Waals surface area contributed by atoms with E-state index in [9.17, 15) is 9.90 Å². The third-order valence-electron chi connectivity index (χ3n) is 8.11. The molecular formula is C28H26Cl2N4O4. The minimum absolute atomic E-state index is 0.197. The van der Waals surface area contributed by atoms with Gasteiger partial charge in [-0.15, -0.1) is 0 Å². The lowest BCUT2D eigenvalue weighted by atomic mass is 9.97. The normalized spacial score (nSPS) is 22.9. The number of carboxylic acids is 1. The van der Waals surface area contributed by atoms with Gasteiger partial charge in [0, 0.05) is 41.7 Å². The van der Waals surface area contributed by atoms with E-state index in [1.807, 2.05) is 18.2 Å². The highest BCUT2D eigenvalue weighted by Gasteiger charge is 2.43. The summed E-state index contributed by atoms with van der Waals surface area (Å²) in [7, 11) is 0. The van der Waals surface area contributed by atoms with Gasteiger partial charge in [-0.2, -0.15) is 4.98 Å². The van der Waals surface area contributed by atoms with Crippen LogP contribution in [0.3, 0.4) is 0 Å². The van der Waals surface area contributed by atoms with E-state index in [-0.39, 0.29) is 5.56 Å². The standard InChI is InChI=1S/C28H26Cl2N4O4/c29-20-2-1-3-21(30)24(20)25-19(26(38-33-25)14-4-5-14)13-31-16-11-17-7-8-18(12-16)34(17)28-32-22-9-6-15(27(35)36)10-23(22)37-28/h1-3,6,9-10,14,16-18,31H,4-5,7-8,11-13H2,(H,35,36). The van der Waals surface area contributed by atoms with E-state index in [0.29, 0.717) is 57.7 Å². The summed E-state index contributed by atoms with van der Waals surface area (Å²) in [4.78, 5) is 18.3. The summed E-state index contributed by atoms with van der Waals surface area (Å²) >= 11 is 13.1. The van der Waals surface area contributed by atoms with E-state index in [4.69, 9.17) is 32.1 Å². The molecule has 2 unspecified atom stereocenters. The molecule has 7 rings (SSSR count).